The second kappa shape index (κ2) is 5.31. The molecule has 0 amide bonds. The Hall–Kier alpha value is -2.03. The monoisotopic (exact) mass is 258 g/mol. The third kappa shape index (κ3) is 3.25. The van der Waals surface area contributed by atoms with E-state index in [9.17, 15) is 4.39 Å². The zero-order valence-corrected chi connectivity index (χ0v) is 11.5. The SMILES string of the molecule is CNc1cccc(C(C)(C)Nc2ccc(F)cc2)c1. The molecule has 0 unspecified atom stereocenters. The maximum absolute atomic E-state index is 12.9. The Kier molecular flexibility index (Phi) is 3.74. The zero-order chi connectivity index (χ0) is 13.9. The third-order valence-electron chi connectivity index (χ3n) is 3.17. The molecule has 0 spiro atoms. The largest absolute Gasteiger partial charge is 0.388 e. The number of benzene rings is 2. The molecule has 0 bridgehead atoms. The highest BCUT2D eigenvalue weighted by Crippen LogP contribution is 2.27. The predicted octanol–water partition coefficient (Wildman–Crippen LogP) is 4.21. The summed E-state index contributed by atoms with van der Waals surface area (Å²) < 4.78 is 12.9. The summed E-state index contributed by atoms with van der Waals surface area (Å²) in [6.45, 7) is 4.20. The summed E-state index contributed by atoms with van der Waals surface area (Å²) in [5.74, 6) is -0.222. The van der Waals surface area contributed by atoms with E-state index in [4.69, 9.17) is 0 Å². The first-order valence-corrected chi connectivity index (χ1v) is 6.33. The first kappa shape index (κ1) is 13.4. The maximum Gasteiger partial charge on any atom is 0.123 e. The van der Waals surface area contributed by atoms with Crippen molar-refractivity contribution in [2.45, 2.75) is 19.4 Å². The normalized spacial score (nSPS) is 11.2. The molecule has 2 nitrogen and oxygen atoms in total. The number of halogens is 1. The molecule has 0 aliphatic carbocycles. The number of nitrogens with one attached hydrogen (secondary N) is 2. The van der Waals surface area contributed by atoms with Gasteiger partial charge in [-0.2, -0.15) is 0 Å². The molecule has 0 aliphatic rings. The van der Waals surface area contributed by atoms with Gasteiger partial charge in [0, 0.05) is 18.4 Å². The average Bonchev–Trinajstić information content (AvgIpc) is 2.41. The average molecular weight is 258 g/mol. The van der Waals surface area contributed by atoms with Crippen molar-refractivity contribution in [2.24, 2.45) is 0 Å². The van der Waals surface area contributed by atoms with Crippen molar-refractivity contribution in [3.05, 3.63) is 59.9 Å². The van der Waals surface area contributed by atoms with E-state index in [1.54, 1.807) is 12.1 Å². The van der Waals surface area contributed by atoms with Crippen LogP contribution in [0.3, 0.4) is 0 Å². The summed E-state index contributed by atoms with van der Waals surface area (Å²) in [7, 11) is 1.90. The first-order chi connectivity index (χ1) is 9.01. The fourth-order valence-electron chi connectivity index (χ4n) is 2.03. The lowest BCUT2D eigenvalue weighted by Gasteiger charge is -2.28. The van der Waals surface area contributed by atoms with E-state index in [1.807, 2.05) is 19.2 Å². The van der Waals surface area contributed by atoms with E-state index in [1.165, 1.54) is 17.7 Å². The molecule has 19 heavy (non-hydrogen) atoms. The summed E-state index contributed by atoms with van der Waals surface area (Å²) in [5.41, 5.74) is 2.92. The Labute approximate surface area is 113 Å². The van der Waals surface area contributed by atoms with Gasteiger partial charge >= 0.3 is 0 Å². The van der Waals surface area contributed by atoms with Crippen molar-refractivity contribution in [2.75, 3.05) is 17.7 Å². The van der Waals surface area contributed by atoms with Crippen molar-refractivity contribution < 1.29 is 4.39 Å². The van der Waals surface area contributed by atoms with Crippen LogP contribution in [0.15, 0.2) is 48.5 Å². The summed E-state index contributed by atoms with van der Waals surface area (Å²) in [4.78, 5) is 0. The highest BCUT2D eigenvalue weighted by molar-refractivity contribution is 5.51. The third-order valence-corrected chi connectivity index (χ3v) is 3.17. The minimum absolute atomic E-state index is 0.222. The Morgan fingerprint density at radius 1 is 0.947 bits per heavy atom. The lowest BCUT2D eigenvalue weighted by molar-refractivity contribution is 0.607. The Bertz CT molecular complexity index is 547. The molecule has 2 rings (SSSR count). The Morgan fingerprint density at radius 3 is 2.26 bits per heavy atom. The van der Waals surface area contributed by atoms with Crippen molar-refractivity contribution >= 4 is 11.4 Å². The molecule has 0 fully saturated rings. The summed E-state index contributed by atoms with van der Waals surface area (Å²) in [6, 6.07) is 14.7. The smallest absolute Gasteiger partial charge is 0.123 e. The van der Waals surface area contributed by atoms with Gasteiger partial charge in [0.1, 0.15) is 5.82 Å². The van der Waals surface area contributed by atoms with E-state index in [0.29, 0.717) is 0 Å². The standard InChI is InChI=1S/C16H19FN2/c1-16(2,12-5-4-6-15(11-12)18-3)19-14-9-7-13(17)8-10-14/h4-11,18-19H,1-3H3. The summed E-state index contributed by atoms with van der Waals surface area (Å²) >= 11 is 0. The quantitative estimate of drug-likeness (QED) is 0.858. The van der Waals surface area contributed by atoms with Crippen molar-refractivity contribution in [3.8, 4) is 0 Å². The van der Waals surface area contributed by atoms with Crippen LogP contribution in [0.4, 0.5) is 15.8 Å². The van der Waals surface area contributed by atoms with Crippen molar-refractivity contribution in [1.82, 2.24) is 0 Å². The molecule has 0 saturated carbocycles. The molecule has 3 heteroatoms. The zero-order valence-electron chi connectivity index (χ0n) is 11.5. The number of hydrogen-bond donors (Lipinski definition) is 2. The Balaban J connectivity index is 2.23. The molecule has 2 aromatic rings. The van der Waals surface area contributed by atoms with Gasteiger partial charge in [-0.3, -0.25) is 0 Å². The molecule has 0 radical (unpaired) electrons. The van der Waals surface area contributed by atoms with Crippen LogP contribution >= 0.6 is 0 Å². The van der Waals surface area contributed by atoms with Gasteiger partial charge in [0.25, 0.3) is 0 Å². The minimum Gasteiger partial charge on any atom is -0.388 e. The van der Waals surface area contributed by atoms with Crippen LogP contribution in [-0.2, 0) is 5.54 Å². The van der Waals surface area contributed by atoms with E-state index in [2.05, 4.69) is 36.6 Å². The van der Waals surface area contributed by atoms with E-state index in [0.717, 1.165) is 11.4 Å². The van der Waals surface area contributed by atoms with Crippen LogP contribution < -0.4 is 10.6 Å². The number of rotatable bonds is 4. The second-order valence-corrected chi connectivity index (χ2v) is 5.09. The summed E-state index contributed by atoms with van der Waals surface area (Å²) in [5, 5.41) is 6.55. The molecule has 0 heterocycles. The topological polar surface area (TPSA) is 24.1 Å². The van der Waals surface area contributed by atoms with Crippen LogP contribution in [0.2, 0.25) is 0 Å². The first-order valence-electron chi connectivity index (χ1n) is 6.33. The van der Waals surface area contributed by atoms with Crippen molar-refractivity contribution in [3.63, 3.8) is 0 Å². The van der Waals surface area contributed by atoms with Gasteiger partial charge in [-0.15, -0.1) is 0 Å². The van der Waals surface area contributed by atoms with Crippen LogP contribution in [0, 0.1) is 5.82 Å². The molecular formula is C16H19FN2. The van der Waals surface area contributed by atoms with Gasteiger partial charge < -0.3 is 10.6 Å². The molecule has 2 aromatic carbocycles. The summed E-state index contributed by atoms with van der Waals surface area (Å²) in [6.07, 6.45) is 0. The van der Waals surface area contributed by atoms with Crippen LogP contribution in [0.1, 0.15) is 19.4 Å². The lowest BCUT2D eigenvalue weighted by atomic mass is 9.93. The fraction of sp³-hybridized carbons (Fsp3) is 0.250. The molecule has 0 atom stereocenters. The van der Waals surface area contributed by atoms with Crippen LogP contribution in [0.5, 0.6) is 0 Å². The second-order valence-electron chi connectivity index (χ2n) is 5.09. The van der Waals surface area contributed by atoms with Gasteiger partial charge in [0.15, 0.2) is 0 Å². The van der Waals surface area contributed by atoms with E-state index in [-0.39, 0.29) is 11.4 Å². The highest BCUT2D eigenvalue weighted by atomic mass is 19.1. The minimum atomic E-state index is -0.231. The molecule has 0 aromatic heterocycles. The van der Waals surface area contributed by atoms with Gasteiger partial charge in [-0.25, -0.2) is 4.39 Å². The molecule has 0 aliphatic heterocycles. The molecule has 2 N–H and O–H groups in total. The van der Waals surface area contributed by atoms with Crippen LogP contribution in [0.25, 0.3) is 0 Å². The molecular weight excluding hydrogens is 239 g/mol. The highest BCUT2D eigenvalue weighted by Gasteiger charge is 2.20. The maximum atomic E-state index is 12.9. The van der Waals surface area contributed by atoms with Gasteiger partial charge in [0.05, 0.1) is 5.54 Å². The fourth-order valence-corrected chi connectivity index (χ4v) is 2.03. The number of hydrogen-bond acceptors (Lipinski definition) is 2. The lowest BCUT2D eigenvalue weighted by Crippen LogP contribution is -2.27. The molecule has 100 valence electrons. The number of anilines is 2. The van der Waals surface area contributed by atoms with Gasteiger partial charge in [-0.05, 0) is 55.8 Å². The molecule has 0 saturated heterocycles. The van der Waals surface area contributed by atoms with E-state index < -0.39 is 0 Å². The van der Waals surface area contributed by atoms with E-state index >= 15 is 0 Å². The Morgan fingerprint density at radius 2 is 1.63 bits per heavy atom. The van der Waals surface area contributed by atoms with Gasteiger partial charge in [0.2, 0.25) is 0 Å². The van der Waals surface area contributed by atoms with Crippen LogP contribution in [-0.4, -0.2) is 7.05 Å². The predicted molar refractivity (Wildman–Crippen MR) is 79.0 cm³/mol. The van der Waals surface area contributed by atoms with Gasteiger partial charge in [-0.1, -0.05) is 12.1 Å². The van der Waals surface area contributed by atoms with Crippen molar-refractivity contribution in [1.29, 1.82) is 0 Å².